The van der Waals surface area contributed by atoms with Crippen molar-refractivity contribution in [1.29, 1.82) is 0 Å². The van der Waals surface area contributed by atoms with Gasteiger partial charge in [0.25, 0.3) is 0 Å². The number of carbonyl (C=O) groups is 1. The molecule has 2 aliphatic heterocycles. The van der Waals surface area contributed by atoms with Crippen LogP contribution in [0.3, 0.4) is 0 Å². The number of carbonyl (C=O) groups excluding carboxylic acids is 1. The van der Waals surface area contributed by atoms with Gasteiger partial charge in [-0.2, -0.15) is 0 Å². The number of aliphatic hydroxyl groups is 1. The van der Waals surface area contributed by atoms with Gasteiger partial charge in [0.2, 0.25) is 5.91 Å². The SMILES string of the molecule is CCOc1ccc(C2CCCN2C(=O)CN2CCC[C@@H]2CO)cc1. The second-order valence-corrected chi connectivity index (χ2v) is 6.70. The third-order valence-electron chi connectivity index (χ3n) is 5.20. The smallest absolute Gasteiger partial charge is 0.237 e. The first-order valence-corrected chi connectivity index (χ1v) is 9.10. The largest absolute Gasteiger partial charge is 0.494 e. The van der Waals surface area contributed by atoms with Crippen LogP contribution in [-0.4, -0.2) is 59.7 Å². The lowest BCUT2D eigenvalue weighted by Gasteiger charge is -2.29. The van der Waals surface area contributed by atoms with E-state index in [0.717, 1.165) is 44.5 Å². The number of rotatable bonds is 6. The van der Waals surface area contributed by atoms with Crippen LogP contribution in [-0.2, 0) is 4.79 Å². The maximum absolute atomic E-state index is 12.8. The summed E-state index contributed by atoms with van der Waals surface area (Å²) in [6.07, 6.45) is 4.13. The molecule has 1 amide bonds. The quantitative estimate of drug-likeness (QED) is 0.868. The Balaban J connectivity index is 1.65. The maximum Gasteiger partial charge on any atom is 0.237 e. The van der Waals surface area contributed by atoms with Gasteiger partial charge in [-0.05, 0) is 56.8 Å². The molecule has 0 radical (unpaired) electrons. The van der Waals surface area contributed by atoms with Crippen LogP contribution in [0.2, 0.25) is 0 Å². The van der Waals surface area contributed by atoms with Crippen LogP contribution in [0.1, 0.15) is 44.2 Å². The molecule has 0 aliphatic carbocycles. The minimum Gasteiger partial charge on any atom is -0.494 e. The molecule has 3 rings (SSSR count). The van der Waals surface area contributed by atoms with Crippen LogP contribution in [0.15, 0.2) is 24.3 Å². The Kier molecular flexibility index (Phi) is 5.74. The number of likely N-dealkylation sites (tertiary alicyclic amines) is 2. The highest BCUT2D eigenvalue weighted by Gasteiger charge is 2.33. The molecule has 1 aromatic carbocycles. The van der Waals surface area contributed by atoms with Crippen molar-refractivity contribution >= 4 is 5.91 Å². The Morgan fingerprint density at radius 2 is 1.96 bits per heavy atom. The normalized spacial score (nSPS) is 24.5. The molecule has 0 aromatic heterocycles. The molecule has 5 nitrogen and oxygen atoms in total. The lowest BCUT2D eigenvalue weighted by atomic mass is 10.0. The Hall–Kier alpha value is -1.59. The second kappa shape index (κ2) is 7.99. The Labute approximate surface area is 144 Å². The monoisotopic (exact) mass is 332 g/mol. The zero-order valence-corrected chi connectivity index (χ0v) is 14.5. The van der Waals surface area contributed by atoms with Crippen LogP contribution >= 0.6 is 0 Å². The topological polar surface area (TPSA) is 53.0 Å². The Morgan fingerprint density at radius 3 is 2.67 bits per heavy atom. The first-order valence-electron chi connectivity index (χ1n) is 9.10. The van der Waals surface area contributed by atoms with Gasteiger partial charge in [0.1, 0.15) is 5.75 Å². The number of hydrogen-bond acceptors (Lipinski definition) is 4. The summed E-state index contributed by atoms with van der Waals surface area (Å²) in [5.74, 6) is 1.06. The van der Waals surface area contributed by atoms with E-state index in [2.05, 4.69) is 17.0 Å². The summed E-state index contributed by atoms with van der Waals surface area (Å²) >= 11 is 0. The van der Waals surface area contributed by atoms with Gasteiger partial charge >= 0.3 is 0 Å². The first-order chi connectivity index (χ1) is 11.7. The highest BCUT2D eigenvalue weighted by Crippen LogP contribution is 2.33. The predicted molar refractivity (Wildman–Crippen MR) is 93.0 cm³/mol. The molecular formula is C19H28N2O3. The lowest BCUT2D eigenvalue weighted by molar-refractivity contribution is -0.133. The average Bonchev–Trinajstić information content (AvgIpc) is 3.24. The van der Waals surface area contributed by atoms with E-state index in [-0.39, 0.29) is 24.6 Å². The van der Waals surface area contributed by atoms with Crippen molar-refractivity contribution in [3.05, 3.63) is 29.8 Å². The van der Waals surface area contributed by atoms with E-state index in [1.54, 1.807) is 0 Å². The summed E-state index contributed by atoms with van der Waals surface area (Å²) < 4.78 is 5.50. The molecule has 2 fully saturated rings. The van der Waals surface area contributed by atoms with Crippen molar-refractivity contribution in [3.8, 4) is 5.75 Å². The van der Waals surface area contributed by atoms with E-state index in [1.165, 1.54) is 5.56 Å². The van der Waals surface area contributed by atoms with Gasteiger partial charge in [-0.15, -0.1) is 0 Å². The zero-order valence-electron chi connectivity index (χ0n) is 14.5. The number of benzene rings is 1. The fourth-order valence-corrected chi connectivity index (χ4v) is 3.94. The lowest BCUT2D eigenvalue weighted by Crippen LogP contribution is -2.43. The molecule has 0 saturated carbocycles. The minimum absolute atomic E-state index is 0.148. The molecule has 2 heterocycles. The summed E-state index contributed by atoms with van der Waals surface area (Å²) in [4.78, 5) is 16.9. The summed E-state index contributed by atoms with van der Waals surface area (Å²) in [5.41, 5.74) is 1.18. The molecule has 1 unspecified atom stereocenters. The van der Waals surface area contributed by atoms with Gasteiger partial charge in [-0.1, -0.05) is 12.1 Å². The number of aliphatic hydroxyl groups excluding tert-OH is 1. The van der Waals surface area contributed by atoms with Crippen LogP contribution in [0.5, 0.6) is 5.75 Å². The van der Waals surface area contributed by atoms with Gasteiger partial charge in [0.05, 0.1) is 25.8 Å². The van der Waals surface area contributed by atoms with Crippen molar-refractivity contribution in [3.63, 3.8) is 0 Å². The number of hydrogen-bond donors (Lipinski definition) is 1. The molecule has 0 spiro atoms. The molecule has 2 atom stereocenters. The van der Waals surface area contributed by atoms with Crippen molar-refractivity contribution in [2.45, 2.75) is 44.7 Å². The van der Waals surface area contributed by atoms with Gasteiger partial charge in [-0.3, -0.25) is 9.69 Å². The summed E-state index contributed by atoms with van der Waals surface area (Å²) in [6, 6.07) is 8.45. The number of amides is 1. The summed E-state index contributed by atoms with van der Waals surface area (Å²) in [5, 5.41) is 9.44. The number of nitrogens with zero attached hydrogens (tertiary/aromatic N) is 2. The van der Waals surface area contributed by atoms with Gasteiger partial charge in [0.15, 0.2) is 0 Å². The fourth-order valence-electron chi connectivity index (χ4n) is 3.94. The highest BCUT2D eigenvalue weighted by molar-refractivity contribution is 5.79. The van der Waals surface area contributed by atoms with Crippen LogP contribution in [0.4, 0.5) is 0 Å². The van der Waals surface area contributed by atoms with E-state index in [1.807, 2.05) is 24.0 Å². The molecule has 1 N–H and O–H groups in total. The standard InChI is InChI=1S/C19H28N2O3/c1-2-24-17-9-7-15(8-10-17)18-6-4-12-21(18)19(23)13-20-11-3-5-16(20)14-22/h7-10,16,18,22H,2-6,11-14H2,1H3/t16-,18?/m1/s1. The molecule has 2 saturated heterocycles. The predicted octanol–water partition coefficient (Wildman–Crippen LogP) is 2.21. The third kappa shape index (κ3) is 3.73. The van der Waals surface area contributed by atoms with Crippen LogP contribution < -0.4 is 4.74 Å². The van der Waals surface area contributed by atoms with Crippen molar-refractivity contribution in [2.75, 3.05) is 32.8 Å². The highest BCUT2D eigenvalue weighted by atomic mass is 16.5. The van der Waals surface area contributed by atoms with E-state index in [9.17, 15) is 9.90 Å². The van der Waals surface area contributed by atoms with Gasteiger partial charge in [0, 0.05) is 12.6 Å². The Morgan fingerprint density at radius 1 is 1.21 bits per heavy atom. The van der Waals surface area contributed by atoms with E-state index < -0.39 is 0 Å². The molecular weight excluding hydrogens is 304 g/mol. The fraction of sp³-hybridized carbons (Fsp3) is 0.632. The van der Waals surface area contributed by atoms with E-state index in [4.69, 9.17) is 4.74 Å². The summed E-state index contributed by atoms with van der Waals surface area (Å²) in [6.45, 7) is 4.96. The van der Waals surface area contributed by atoms with Crippen molar-refractivity contribution in [1.82, 2.24) is 9.80 Å². The molecule has 132 valence electrons. The van der Waals surface area contributed by atoms with Crippen molar-refractivity contribution in [2.24, 2.45) is 0 Å². The maximum atomic E-state index is 12.8. The molecule has 2 aliphatic rings. The van der Waals surface area contributed by atoms with Crippen molar-refractivity contribution < 1.29 is 14.6 Å². The summed E-state index contributed by atoms with van der Waals surface area (Å²) in [7, 11) is 0. The van der Waals surface area contributed by atoms with Gasteiger partial charge in [-0.25, -0.2) is 0 Å². The van der Waals surface area contributed by atoms with E-state index in [0.29, 0.717) is 13.2 Å². The third-order valence-corrected chi connectivity index (χ3v) is 5.20. The van der Waals surface area contributed by atoms with E-state index >= 15 is 0 Å². The molecule has 5 heteroatoms. The first kappa shape index (κ1) is 17.2. The van der Waals surface area contributed by atoms with Crippen LogP contribution in [0, 0.1) is 0 Å². The molecule has 1 aromatic rings. The second-order valence-electron chi connectivity index (χ2n) is 6.70. The molecule has 24 heavy (non-hydrogen) atoms. The van der Waals surface area contributed by atoms with Gasteiger partial charge < -0.3 is 14.7 Å². The van der Waals surface area contributed by atoms with Crippen LogP contribution in [0.25, 0.3) is 0 Å². The Bertz CT molecular complexity index is 546. The zero-order chi connectivity index (χ0) is 16.9. The average molecular weight is 332 g/mol. The minimum atomic E-state index is 0.148. The number of ether oxygens (including phenoxy) is 1. The molecule has 0 bridgehead atoms.